The Balaban J connectivity index is 2.03. The minimum Gasteiger partial charge on any atom is -0.361 e. The molecule has 110 valence electrons. The highest BCUT2D eigenvalue weighted by molar-refractivity contribution is 5.38. The minimum absolute atomic E-state index is 0.0774. The van der Waals surface area contributed by atoms with Gasteiger partial charge < -0.3 is 10.1 Å². The van der Waals surface area contributed by atoms with Crippen molar-refractivity contribution in [3.8, 4) is 0 Å². The first-order valence-corrected chi connectivity index (χ1v) is 7.97. The van der Waals surface area contributed by atoms with Crippen molar-refractivity contribution < 1.29 is 4.74 Å². The van der Waals surface area contributed by atoms with Crippen LogP contribution >= 0.6 is 0 Å². The third-order valence-electron chi connectivity index (χ3n) is 5.50. The molecule has 1 aromatic rings. The lowest BCUT2D eigenvalue weighted by Gasteiger charge is -2.52. The molecule has 0 amide bonds. The fraction of sp³-hybridized carbons (Fsp3) is 0.667. The van der Waals surface area contributed by atoms with Gasteiger partial charge in [0, 0.05) is 13.1 Å². The molecule has 1 aliphatic carbocycles. The van der Waals surface area contributed by atoms with Gasteiger partial charge in [0.1, 0.15) is 5.60 Å². The summed E-state index contributed by atoms with van der Waals surface area (Å²) in [5.74, 6) is 1.16. The zero-order chi connectivity index (χ0) is 14.4. The van der Waals surface area contributed by atoms with Crippen molar-refractivity contribution >= 4 is 0 Å². The Labute approximate surface area is 122 Å². The van der Waals surface area contributed by atoms with Crippen molar-refractivity contribution in [3.05, 3.63) is 35.4 Å². The Morgan fingerprint density at radius 1 is 1.25 bits per heavy atom. The summed E-state index contributed by atoms with van der Waals surface area (Å²) in [6, 6.07) is 8.87. The Morgan fingerprint density at radius 2 is 2.00 bits per heavy atom. The molecule has 0 aromatic heterocycles. The molecule has 2 aliphatic rings. The average Bonchev–Trinajstić information content (AvgIpc) is 2.44. The number of nitrogens with one attached hydrogen (secondary N) is 1. The molecular formula is C18H27NO. The molecule has 1 N–H and O–H groups in total. The summed E-state index contributed by atoms with van der Waals surface area (Å²) in [5, 5.41) is 3.65. The highest BCUT2D eigenvalue weighted by atomic mass is 16.5. The van der Waals surface area contributed by atoms with Crippen LogP contribution in [0.5, 0.6) is 0 Å². The zero-order valence-electron chi connectivity index (χ0n) is 13.2. The second-order valence-corrected chi connectivity index (χ2v) is 7.19. The molecule has 1 aromatic carbocycles. The highest BCUT2D eigenvalue weighted by Crippen LogP contribution is 2.47. The summed E-state index contributed by atoms with van der Waals surface area (Å²) in [6.07, 6.45) is 2.34. The maximum atomic E-state index is 6.78. The van der Waals surface area contributed by atoms with Gasteiger partial charge in [0.2, 0.25) is 0 Å². The molecule has 1 spiro atoms. The standard InChI is InChI=1S/C18H27NO/c1-13(2)17(4)11-19-12-18(20-17)10-9-14(3)15-7-5-6-8-16(15)18/h5-8,13-14,19H,9-12H2,1-4H3. The summed E-state index contributed by atoms with van der Waals surface area (Å²) >= 11 is 0. The lowest BCUT2D eigenvalue weighted by molar-refractivity contribution is -0.201. The smallest absolute Gasteiger partial charge is 0.107 e. The van der Waals surface area contributed by atoms with E-state index in [1.165, 1.54) is 17.5 Å². The van der Waals surface area contributed by atoms with Gasteiger partial charge in [-0.2, -0.15) is 0 Å². The average molecular weight is 273 g/mol. The summed E-state index contributed by atoms with van der Waals surface area (Å²) in [7, 11) is 0. The molecule has 3 rings (SSSR count). The van der Waals surface area contributed by atoms with E-state index in [2.05, 4.69) is 57.3 Å². The topological polar surface area (TPSA) is 21.3 Å². The first-order chi connectivity index (χ1) is 9.47. The van der Waals surface area contributed by atoms with Gasteiger partial charge >= 0.3 is 0 Å². The number of rotatable bonds is 1. The molecule has 3 atom stereocenters. The molecule has 1 saturated heterocycles. The molecule has 1 fully saturated rings. The van der Waals surface area contributed by atoms with Crippen LogP contribution in [-0.4, -0.2) is 18.7 Å². The van der Waals surface area contributed by atoms with E-state index >= 15 is 0 Å². The lowest BCUT2D eigenvalue weighted by Crippen LogP contribution is -2.60. The predicted octanol–water partition coefficient (Wildman–Crippen LogP) is 3.81. The van der Waals surface area contributed by atoms with E-state index in [0.29, 0.717) is 11.8 Å². The molecule has 2 heteroatoms. The summed E-state index contributed by atoms with van der Waals surface area (Å²) < 4.78 is 6.78. The van der Waals surface area contributed by atoms with Gasteiger partial charge in [-0.1, -0.05) is 45.0 Å². The maximum Gasteiger partial charge on any atom is 0.107 e. The van der Waals surface area contributed by atoms with Crippen LogP contribution in [0.1, 0.15) is 57.6 Å². The fourth-order valence-electron chi connectivity index (χ4n) is 3.72. The number of hydrogen-bond acceptors (Lipinski definition) is 2. The van der Waals surface area contributed by atoms with Crippen LogP contribution < -0.4 is 5.32 Å². The van der Waals surface area contributed by atoms with Crippen molar-refractivity contribution in [2.24, 2.45) is 5.92 Å². The van der Waals surface area contributed by atoms with Crippen LogP contribution in [0.25, 0.3) is 0 Å². The first-order valence-electron chi connectivity index (χ1n) is 7.97. The van der Waals surface area contributed by atoms with Gasteiger partial charge in [-0.25, -0.2) is 0 Å². The van der Waals surface area contributed by atoms with Crippen LogP contribution in [-0.2, 0) is 10.3 Å². The maximum absolute atomic E-state index is 6.78. The van der Waals surface area contributed by atoms with E-state index in [1.54, 1.807) is 0 Å². The third kappa shape index (κ3) is 2.10. The fourth-order valence-corrected chi connectivity index (χ4v) is 3.72. The number of benzene rings is 1. The molecule has 2 nitrogen and oxygen atoms in total. The monoisotopic (exact) mass is 273 g/mol. The Hall–Kier alpha value is -0.860. The van der Waals surface area contributed by atoms with E-state index in [-0.39, 0.29) is 11.2 Å². The number of ether oxygens (including phenoxy) is 1. The first kappa shape index (κ1) is 14.1. The zero-order valence-corrected chi connectivity index (χ0v) is 13.2. The molecule has 20 heavy (non-hydrogen) atoms. The van der Waals surface area contributed by atoms with Gasteiger partial charge in [0.25, 0.3) is 0 Å². The number of fused-ring (bicyclic) bond motifs is 2. The number of hydrogen-bond donors (Lipinski definition) is 1. The molecule has 1 heterocycles. The van der Waals surface area contributed by atoms with E-state index in [9.17, 15) is 0 Å². The van der Waals surface area contributed by atoms with Crippen LogP contribution in [0, 0.1) is 5.92 Å². The Morgan fingerprint density at radius 3 is 2.75 bits per heavy atom. The molecule has 1 aliphatic heterocycles. The van der Waals surface area contributed by atoms with Gasteiger partial charge in [0.15, 0.2) is 0 Å². The second kappa shape index (κ2) is 4.85. The van der Waals surface area contributed by atoms with Crippen LogP contribution in [0.3, 0.4) is 0 Å². The van der Waals surface area contributed by atoms with Crippen LogP contribution in [0.2, 0.25) is 0 Å². The predicted molar refractivity (Wildman–Crippen MR) is 83.0 cm³/mol. The summed E-state index contributed by atoms with van der Waals surface area (Å²) in [4.78, 5) is 0. The molecule has 3 unspecified atom stereocenters. The van der Waals surface area contributed by atoms with Crippen molar-refractivity contribution in [1.29, 1.82) is 0 Å². The Kier molecular flexibility index (Phi) is 3.42. The quantitative estimate of drug-likeness (QED) is 0.840. The molecule has 0 bridgehead atoms. The van der Waals surface area contributed by atoms with Gasteiger partial charge in [0.05, 0.1) is 5.60 Å². The van der Waals surface area contributed by atoms with E-state index in [0.717, 1.165) is 19.5 Å². The van der Waals surface area contributed by atoms with Crippen LogP contribution in [0.4, 0.5) is 0 Å². The van der Waals surface area contributed by atoms with E-state index < -0.39 is 0 Å². The molecular weight excluding hydrogens is 246 g/mol. The normalized spacial score (nSPS) is 37.1. The van der Waals surface area contributed by atoms with E-state index in [4.69, 9.17) is 4.74 Å². The lowest BCUT2D eigenvalue weighted by atomic mass is 9.72. The van der Waals surface area contributed by atoms with Crippen molar-refractivity contribution in [3.63, 3.8) is 0 Å². The van der Waals surface area contributed by atoms with Gasteiger partial charge in [-0.3, -0.25) is 0 Å². The van der Waals surface area contributed by atoms with Crippen molar-refractivity contribution in [2.45, 2.75) is 57.7 Å². The van der Waals surface area contributed by atoms with Crippen LogP contribution in [0.15, 0.2) is 24.3 Å². The summed E-state index contributed by atoms with van der Waals surface area (Å²) in [5.41, 5.74) is 2.69. The van der Waals surface area contributed by atoms with Gasteiger partial charge in [-0.15, -0.1) is 0 Å². The number of morpholine rings is 1. The largest absolute Gasteiger partial charge is 0.361 e. The van der Waals surface area contributed by atoms with Crippen molar-refractivity contribution in [2.75, 3.05) is 13.1 Å². The van der Waals surface area contributed by atoms with Crippen molar-refractivity contribution in [1.82, 2.24) is 5.32 Å². The second-order valence-electron chi connectivity index (χ2n) is 7.19. The molecule has 0 radical (unpaired) electrons. The van der Waals surface area contributed by atoms with E-state index in [1.807, 2.05) is 0 Å². The molecule has 0 saturated carbocycles. The Bertz CT molecular complexity index is 498. The third-order valence-corrected chi connectivity index (χ3v) is 5.50. The summed E-state index contributed by atoms with van der Waals surface area (Å²) in [6.45, 7) is 11.0. The highest BCUT2D eigenvalue weighted by Gasteiger charge is 2.48. The minimum atomic E-state index is -0.125. The van der Waals surface area contributed by atoms with Gasteiger partial charge in [-0.05, 0) is 42.7 Å². The SMILES string of the molecule is CC1CCC2(CNCC(C)(C(C)C)O2)c2ccccc21.